The van der Waals surface area contributed by atoms with Crippen molar-refractivity contribution in [3.8, 4) is 0 Å². The monoisotopic (exact) mass is 141 g/mol. The topological polar surface area (TPSA) is 29.3 Å². The van der Waals surface area contributed by atoms with Crippen molar-refractivity contribution in [3.63, 3.8) is 0 Å². The fourth-order valence-electron chi connectivity index (χ4n) is 1.64. The van der Waals surface area contributed by atoms with E-state index in [0.717, 1.165) is 19.5 Å². The Morgan fingerprint density at radius 3 is 2.90 bits per heavy atom. The van der Waals surface area contributed by atoms with Crippen molar-refractivity contribution in [2.45, 2.75) is 25.5 Å². The molecule has 2 aliphatic rings. The first-order valence-corrected chi connectivity index (χ1v) is 3.68. The molecule has 0 radical (unpaired) electrons. The lowest BCUT2D eigenvalue weighted by molar-refractivity contribution is -0.145. The molecule has 0 aromatic carbocycles. The third-order valence-electron chi connectivity index (χ3n) is 2.20. The number of nitrogens with zero attached hydrogens (tertiary/aromatic N) is 1. The molecule has 3 nitrogen and oxygen atoms in total. The minimum atomic E-state index is -0.140. The summed E-state index contributed by atoms with van der Waals surface area (Å²) >= 11 is 0. The third kappa shape index (κ3) is 0.904. The SMILES string of the molecule is CC(=O)OC1CCN2CC12. The lowest BCUT2D eigenvalue weighted by Crippen LogP contribution is -2.19. The van der Waals surface area contributed by atoms with Gasteiger partial charge in [0.15, 0.2) is 0 Å². The molecule has 2 aliphatic heterocycles. The van der Waals surface area contributed by atoms with Gasteiger partial charge in [-0.2, -0.15) is 0 Å². The molecule has 10 heavy (non-hydrogen) atoms. The van der Waals surface area contributed by atoms with E-state index < -0.39 is 0 Å². The highest BCUT2D eigenvalue weighted by molar-refractivity contribution is 5.66. The van der Waals surface area contributed by atoms with E-state index in [-0.39, 0.29) is 12.1 Å². The fourth-order valence-corrected chi connectivity index (χ4v) is 1.64. The van der Waals surface area contributed by atoms with E-state index in [1.54, 1.807) is 0 Å². The lowest BCUT2D eigenvalue weighted by atomic mass is 10.2. The molecule has 2 rings (SSSR count). The van der Waals surface area contributed by atoms with Crippen LogP contribution in [0.25, 0.3) is 0 Å². The van der Waals surface area contributed by atoms with Crippen LogP contribution in [0.5, 0.6) is 0 Å². The number of rotatable bonds is 1. The molecule has 3 unspecified atom stereocenters. The van der Waals surface area contributed by atoms with E-state index in [1.807, 2.05) is 0 Å². The van der Waals surface area contributed by atoms with Gasteiger partial charge in [-0.15, -0.1) is 0 Å². The highest BCUT2D eigenvalue weighted by atomic mass is 16.5. The summed E-state index contributed by atoms with van der Waals surface area (Å²) in [7, 11) is 0. The molecule has 0 N–H and O–H groups in total. The molecule has 2 saturated heterocycles. The quantitative estimate of drug-likeness (QED) is 0.380. The van der Waals surface area contributed by atoms with Crippen molar-refractivity contribution in [1.29, 1.82) is 0 Å². The van der Waals surface area contributed by atoms with Gasteiger partial charge in [0, 0.05) is 20.0 Å². The molecule has 56 valence electrons. The molecule has 0 saturated carbocycles. The van der Waals surface area contributed by atoms with Gasteiger partial charge >= 0.3 is 5.97 Å². The van der Waals surface area contributed by atoms with Crippen LogP contribution in [0.15, 0.2) is 0 Å². The number of esters is 1. The average Bonchev–Trinajstić information content (AvgIpc) is 2.52. The van der Waals surface area contributed by atoms with Crippen LogP contribution in [0.1, 0.15) is 13.3 Å². The van der Waals surface area contributed by atoms with Gasteiger partial charge in [0.05, 0.1) is 6.04 Å². The Morgan fingerprint density at radius 1 is 1.70 bits per heavy atom. The Kier molecular flexibility index (Phi) is 1.20. The molecule has 2 heterocycles. The third-order valence-corrected chi connectivity index (χ3v) is 2.20. The van der Waals surface area contributed by atoms with E-state index in [4.69, 9.17) is 4.74 Å². The maximum absolute atomic E-state index is 10.5. The molecule has 2 fully saturated rings. The highest BCUT2D eigenvalue weighted by Gasteiger charge is 2.47. The smallest absolute Gasteiger partial charge is 0.302 e. The van der Waals surface area contributed by atoms with Crippen LogP contribution in [0.3, 0.4) is 0 Å². The largest absolute Gasteiger partial charge is 0.461 e. The first-order valence-electron chi connectivity index (χ1n) is 3.68. The summed E-state index contributed by atoms with van der Waals surface area (Å²) in [4.78, 5) is 12.9. The summed E-state index contributed by atoms with van der Waals surface area (Å²) in [5, 5.41) is 0. The second-order valence-corrected chi connectivity index (χ2v) is 3.00. The summed E-state index contributed by atoms with van der Waals surface area (Å²) in [6.45, 7) is 3.73. The van der Waals surface area contributed by atoms with E-state index in [9.17, 15) is 4.79 Å². The zero-order chi connectivity index (χ0) is 7.14. The van der Waals surface area contributed by atoms with Crippen LogP contribution in [0.2, 0.25) is 0 Å². The van der Waals surface area contributed by atoms with Crippen LogP contribution in [-0.4, -0.2) is 36.1 Å². The number of carbonyl (C=O) groups is 1. The van der Waals surface area contributed by atoms with Crippen molar-refractivity contribution >= 4 is 5.97 Å². The van der Waals surface area contributed by atoms with Crippen LogP contribution in [0, 0.1) is 0 Å². The van der Waals surface area contributed by atoms with Gasteiger partial charge < -0.3 is 4.74 Å². The Bertz CT molecular complexity index is 169. The molecule has 0 spiro atoms. The molecular formula is C7H11NO2. The molecule has 3 atom stereocenters. The molecule has 0 aliphatic carbocycles. The standard InChI is InChI=1S/C7H11NO2/c1-5(9)10-7-2-3-8-4-6(7)8/h6-7H,2-4H2,1H3. The normalized spacial score (nSPS) is 42.7. The molecule has 3 heteroatoms. The van der Waals surface area contributed by atoms with E-state index in [1.165, 1.54) is 6.92 Å². The van der Waals surface area contributed by atoms with Gasteiger partial charge in [-0.1, -0.05) is 0 Å². The van der Waals surface area contributed by atoms with Crippen molar-refractivity contribution in [2.75, 3.05) is 13.1 Å². The van der Waals surface area contributed by atoms with Gasteiger partial charge in [-0.25, -0.2) is 0 Å². The van der Waals surface area contributed by atoms with E-state index in [0.29, 0.717) is 6.04 Å². The number of carbonyl (C=O) groups excluding carboxylic acids is 1. The van der Waals surface area contributed by atoms with E-state index >= 15 is 0 Å². The maximum Gasteiger partial charge on any atom is 0.302 e. The second kappa shape index (κ2) is 1.95. The molecule has 0 amide bonds. The Labute approximate surface area is 60.0 Å². The molecule has 0 bridgehead atoms. The van der Waals surface area contributed by atoms with Crippen molar-refractivity contribution in [1.82, 2.24) is 4.90 Å². The zero-order valence-corrected chi connectivity index (χ0v) is 6.04. The summed E-state index contributed by atoms with van der Waals surface area (Å²) in [5.41, 5.74) is 0. The highest BCUT2D eigenvalue weighted by Crippen LogP contribution is 2.32. The van der Waals surface area contributed by atoms with Crippen LogP contribution in [-0.2, 0) is 9.53 Å². The van der Waals surface area contributed by atoms with Crippen LogP contribution >= 0.6 is 0 Å². The maximum atomic E-state index is 10.5. The summed E-state index contributed by atoms with van der Waals surface area (Å²) in [6.07, 6.45) is 1.24. The minimum absolute atomic E-state index is 0.140. The zero-order valence-electron chi connectivity index (χ0n) is 6.04. The van der Waals surface area contributed by atoms with Gasteiger partial charge in [0.1, 0.15) is 6.10 Å². The first-order chi connectivity index (χ1) is 4.77. The van der Waals surface area contributed by atoms with Crippen molar-refractivity contribution < 1.29 is 9.53 Å². The first kappa shape index (κ1) is 6.16. The Hall–Kier alpha value is -0.570. The number of ether oxygens (including phenoxy) is 1. The van der Waals surface area contributed by atoms with Gasteiger partial charge in [0.2, 0.25) is 0 Å². The summed E-state index contributed by atoms with van der Waals surface area (Å²) in [6, 6.07) is 0.573. The Balaban J connectivity index is 1.88. The number of piperidine rings is 1. The predicted molar refractivity (Wildman–Crippen MR) is 35.5 cm³/mol. The van der Waals surface area contributed by atoms with Crippen molar-refractivity contribution in [2.24, 2.45) is 0 Å². The van der Waals surface area contributed by atoms with E-state index in [2.05, 4.69) is 4.90 Å². The lowest BCUT2D eigenvalue weighted by Gasteiger charge is -2.08. The molecular weight excluding hydrogens is 130 g/mol. The summed E-state index contributed by atoms with van der Waals surface area (Å²) < 4.78 is 5.08. The Morgan fingerprint density at radius 2 is 2.50 bits per heavy atom. The average molecular weight is 141 g/mol. The number of fused-ring (bicyclic) bond motifs is 1. The molecule has 0 aromatic rings. The van der Waals surface area contributed by atoms with Gasteiger partial charge in [-0.3, -0.25) is 9.69 Å². The van der Waals surface area contributed by atoms with Crippen LogP contribution < -0.4 is 0 Å². The van der Waals surface area contributed by atoms with Gasteiger partial charge in [0.25, 0.3) is 0 Å². The number of hydrogen-bond acceptors (Lipinski definition) is 3. The molecule has 0 aromatic heterocycles. The van der Waals surface area contributed by atoms with Crippen molar-refractivity contribution in [3.05, 3.63) is 0 Å². The second-order valence-electron chi connectivity index (χ2n) is 3.00. The van der Waals surface area contributed by atoms with Crippen LogP contribution in [0.4, 0.5) is 0 Å². The number of hydrogen-bond donors (Lipinski definition) is 0. The summed E-state index contributed by atoms with van der Waals surface area (Å²) in [5.74, 6) is -0.140. The predicted octanol–water partition coefficient (Wildman–Crippen LogP) is 0.00600. The minimum Gasteiger partial charge on any atom is -0.461 e. The van der Waals surface area contributed by atoms with Gasteiger partial charge in [-0.05, 0) is 6.42 Å². The fraction of sp³-hybridized carbons (Fsp3) is 0.857.